The Balaban J connectivity index is 1.18. The fraction of sp³-hybridized carbons (Fsp3) is 0.513. The Kier molecular flexibility index (Phi) is 14.4. The first-order valence-electron chi connectivity index (χ1n) is 18.7. The van der Waals surface area contributed by atoms with Crippen LogP contribution in [0.2, 0.25) is 10.0 Å². The summed E-state index contributed by atoms with van der Waals surface area (Å²) in [5, 5.41) is 0.407. The summed E-state index contributed by atoms with van der Waals surface area (Å²) in [5.41, 5.74) is 1.08. The quantitative estimate of drug-likeness (QED) is 0.119. The lowest BCUT2D eigenvalue weighted by Gasteiger charge is -2.34. The minimum Gasteiger partial charge on any atom is -0.491 e. The molecule has 0 amide bonds. The van der Waals surface area contributed by atoms with Crippen LogP contribution in [0.3, 0.4) is 0 Å². The normalized spacial score (nSPS) is 16.9. The zero-order chi connectivity index (χ0) is 40.7. The third-order valence-corrected chi connectivity index (χ3v) is 11.7. The van der Waals surface area contributed by atoms with Crippen molar-refractivity contribution in [2.24, 2.45) is 11.8 Å². The predicted molar refractivity (Wildman–Crippen MR) is 209 cm³/mol. The SMILES string of the molecule is CN1CCN(CCN(c2ccc(C(=O)OCC(=O)O[C@@H](Cc3c(Cl)cncc3Cl)c3ccc(OC(F)F)c(OCC4CC4)c3)cc2OCC2CC2)S(C)(=O)=O)CC1. The van der Waals surface area contributed by atoms with E-state index in [1.54, 1.807) is 0 Å². The van der Waals surface area contributed by atoms with Crippen LogP contribution in [0.1, 0.15) is 53.3 Å². The van der Waals surface area contributed by atoms with E-state index in [2.05, 4.69) is 19.5 Å². The van der Waals surface area contributed by atoms with Gasteiger partial charge < -0.3 is 28.6 Å². The molecule has 13 nitrogen and oxygen atoms in total. The van der Waals surface area contributed by atoms with Gasteiger partial charge >= 0.3 is 18.6 Å². The predicted octanol–water partition coefficient (Wildman–Crippen LogP) is 6.26. The van der Waals surface area contributed by atoms with Crippen molar-refractivity contribution in [3.8, 4) is 17.2 Å². The van der Waals surface area contributed by atoms with Crippen LogP contribution in [0.15, 0.2) is 48.8 Å². The third-order valence-electron chi connectivity index (χ3n) is 9.91. The van der Waals surface area contributed by atoms with Crippen molar-refractivity contribution in [3.05, 3.63) is 75.5 Å². The molecule has 3 fully saturated rings. The summed E-state index contributed by atoms with van der Waals surface area (Å²) in [7, 11) is -1.69. The molecule has 3 aliphatic rings. The van der Waals surface area contributed by atoms with E-state index < -0.39 is 41.3 Å². The second-order valence-electron chi connectivity index (χ2n) is 14.6. The number of hydrogen-bond donors (Lipinski definition) is 0. The number of esters is 2. The van der Waals surface area contributed by atoms with Gasteiger partial charge in [0.05, 0.1) is 40.8 Å². The van der Waals surface area contributed by atoms with E-state index in [-0.39, 0.29) is 45.8 Å². The van der Waals surface area contributed by atoms with Gasteiger partial charge in [-0.15, -0.1) is 0 Å². The van der Waals surface area contributed by atoms with Gasteiger partial charge in [-0.1, -0.05) is 29.3 Å². The number of sulfonamides is 1. The Morgan fingerprint density at radius 2 is 1.56 bits per heavy atom. The molecule has 1 aromatic heterocycles. The van der Waals surface area contributed by atoms with Gasteiger partial charge in [0.25, 0.3) is 0 Å². The van der Waals surface area contributed by atoms with Crippen molar-refractivity contribution in [1.29, 1.82) is 0 Å². The molecule has 2 aromatic carbocycles. The lowest BCUT2D eigenvalue weighted by Crippen LogP contribution is -2.47. The van der Waals surface area contributed by atoms with Gasteiger partial charge in [-0.2, -0.15) is 8.78 Å². The molecule has 1 aliphatic heterocycles. The van der Waals surface area contributed by atoms with Crippen molar-refractivity contribution in [2.45, 2.75) is 44.8 Å². The average Bonchev–Trinajstić information content (AvgIpc) is 4.11. The highest BCUT2D eigenvalue weighted by molar-refractivity contribution is 7.92. The summed E-state index contributed by atoms with van der Waals surface area (Å²) in [6, 6.07) is 8.53. The number of anilines is 1. The molecule has 3 aromatic rings. The first kappa shape index (κ1) is 42.6. The Bertz CT molecular complexity index is 1980. The maximum absolute atomic E-state index is 13.4. The third kappa shape index (κ3) is 12.5. The van der Waals surface area contributed by atoms with E-state index in [1.807, 2.05) is 7.05 Å². The lowest BCUT2D eigenvalue weighted by atomic mass is 10.0. The standard InChI is InChI=1S/C39H46Cl2F2N4O9S/c1-45-11-13-46(14-12-45)15-16-47(57(2,50)51)32-9-7-28(18-35(32)52-22-25-3-4-25)38(49)54-24-37(48)55-34(19-29-30(40)20-44-21-31(29)41)27-8-10-33(56-39(42)43)36(17-27)53-23-26-5-6-26/h7-10,17-18,20-21,25-26,34,39H,3-6,11-16,19,22-24H2,1-2H3/t34-/m0/s1. The highest BCUT2D eigenvalue weighted by atomic mass is 35.5. The average molecular weight is 856 g/mol. The first-order chi connectivity index (χ1) is 27.2. The number of rotatable bonds is 20. The Morgan fingerprint density at radius 1 is 0.912 bits per heavy atom. The zero-order valence-corrected chi connectivity index (χ0v) is 34.0. The van der Waals surface area contributed by atoms with Crippen LogP contribution in [-0.2, 0) is 30.7 Å². The van der Waals surface area contributed by atoms with Crippen molar-refractivity contribution in [2.75, 3.05) is 76.7 Å². The number of alkyl halides is 2. The number of benzene rings is 2. The van der Waals surface area contributed by atoms with Crippen LogP contribution in [0.4, 0.5) is 14.5 Å². The fourth-order valence-corrected chi connectivity index (χ4v) is 7.63. The molecule has 2 saturated carbocycles. The van der Waals surface area contributed by atoms with E-state index in [4.69, 9.17) is 42.1 Å². The van der Waals surface area contributed by atoms with Crippen LogP contribution in [0.25, 0.3) is 0 Å². The molecule has 1 atom stereocenters. The largest absolute Gasteiger partial charge is 0.491 e. The monoisotopic (exact) mass is 854 g/mol. The van der Waals surface area contributed by atoms with Gasteiger partial charge in [0.1, 0.15) is 11.9 Å². The number of pyridine rings is 1. The lowest BCUT2D eigenvalue weighted by molar-refractivity contribution is -0.153. The van der Waals surface area contributed by atoms with Gasteiger partial charge in [-0.25, -0.2) is 18.0 Å². The number of carbonyl (C=O) groups is 2. The second-order valence-corrected chi connectivity index (χ2v) is 17.3. The van der Waals surface area contributed by atoms with E-state index in [0.717, 1.165) is 58.1 Å². The van der Waals surface area contributed by atoms with Crippen molar-refractivity contribution in [3.63, 3.8) is 0 Å². The smallest absolute Gasteiger partial charge is 0.387 e. The zero-order valence-electron chi connectivity index (χ0n) is 31.7. The summed E-state index contributed by atoms with van der Waals surface area (Å²) in [6.07, 6.45) is 6.64. The molecule has 310 valence electrons. The molecule has 57 heavy (non-hydrogen) atoms. The molecule has 18 heteroatoms. The minimum atomic E-state index is -3.74. The van der Waals surface area contributed by atoms with Crippen LogP contribution in [0.5, 0.6) is 17.2 Å². The molecule has 2 heterocycles. The van der Waals surface area contributed by atoms with Gasteiger partial charge in [-0.3, -0.25) is 14.2 Å². The molecular formula is C39H46Cl2F2N4O9S. The molecule has 0 bridgehead atoms. The molecule has 0 N–H and O–H groups in total. The maximum Gasteiger partial charge on any atom is 0.387 e. The second kappa shape index (κ2) is 19.2. The number of ether oxygens (including phenoxy) is 5. The highest BCUT2D eigenvalue weighted by Crippen LogP contribution is 2.39. The number of nitrogens with zero attached hydrogens (tertiary/aromatic N) is 4. The van der Waals surface area contributed by atoms with E-state index in [9.17, 15) is 26.8 Å². The summed E-state index contributed by atoms with van der Waals surface area (Å²) in [4.78, 5) is 35.1. The first-order valence-corrected chi connectivity index (χ1v) is 21.4. The van der Waals surface area contributed by atoms with Gasteiger partial charge in [0, 0.05) is 58.1 Å². The molecule has 0 spiro atoms. The van der Waals surface area contributed by atoms with Crippen LogP contribution in [0, 0.1) is 11.8 Å². The van der Waals surface area contributed by atoms with Crippen LogP contribution < -0.4 is 18.5 Å². The molecular weight excluding hydrogens is 809 g/mol. The minimum absolute atomic E-state index is 0.0313. The fourth-order valence-electron chi connectivity index (χ4n) is 6.19. The van der Waals surface area contributed by atoms with Crippen LogP contribution >= 0.6 is 23.2 Å². The van der Waals surface area contributed by atoms with Gasteiger partial charge in [0.15, 0.2) is 18.1 Å². The molecule has 1 saturated heterocycles. The molecule has 0 unspecified atom stereocenters. The van der Waals surface area contributed by atoms with E-state index >= 15 is 0 Å². The molecule has 0 radical (unpaired) electrons. The van der Waals surface area contributed by atoms with Crippen molar-refractivity contribution < 1.29 is 50.5 Å². The number of aromatic nitrogens is 1. The maximum atomic E-state index is 13.4. The van der Waals surface area contributed by atoms with Gasteiger partial charge in [-0.05, 0) is 86.0 Å². The summed E-state index contributed by atoms with van der Waals surface area (Å²) < 4.78 is 81.7. The number of hydrogen-bond acceptors (Lipinski definition) is 12. The number of likely N-dealkylation sites (N-methyl/N-ethyl adjacent to an activating group) is 1. The van der Waals surface area contributed by atoms with E-state index in [0.29, 0.717) is 48.4 Å². The Hall–Kier alpha value is -3.96. The van der Waals surface area contributed by atoms with Crippen molar-refractivity contribution in [1.82, 2.24) is 14.8 Å². The van der Waals surface area contributed by atoms with E-state index in [1.165, 1.54) is 53.1 Å². The summed E-state index contributed by atoms with van der Waals surface area (Å²) in [5.74, 6) is -1.12. The number of piperazine rings is 1. The number of halogens is 4. The van der Waals surface area contributed by atoms with Crippen molar-refractivity contribution >= 4 is 50.9 Å². The van der Waals surface area contributed by atoms with Gasteiger partial charge in [0.2, 0.25) is 10.0 Å². The highest BCUT2D eigenvalue weighted by Gasteiger charge is 2.29. The van der Waals surface area contributed by atoms with Crippen LogP contribution in [-0.4, -0.2) is 114 Å². The molecule has 2 aliphatic carbocycles. The Labute approximate surface area is 341 Å². The topological polar surface area (TPSA) is 137 Å². The summed E-state index contributed by atoms with van der Waals surface area (Å²) >= 11 is 12.8. The summed E-state index contributed by atoms with van der Waals surface area (Å²) in [6.45, 7) is 0.846. The molecule has 6 rings (SSSR count). The Morgan fingerprint density at radius 3 is 2.18 bits per heavy atom. The number of carbonyl (C=O) groups excluding carboxylic acids is 2.